The van der Waals surface area contributed by atoms with Crippen molar-refractivity contribution in [1.82, 2.24) is 0 Å². The van der Waals surface area contributed by atoms with Gasteiger partial charge in [-0.1, -0.05) is 6.58 Å². The van der Waals surface area contributed by atoms with E-state index in [-0.39, 0.29) is 6.79 Å². The molecule has 0 N–H and O–H groups in total. The summed E-state index contributed by atoms with van der Waals surface area (Å²) in [5.41, 5.74) is 2.91. The fourth-order valence-electron chi connectivity index (χ4n) is 1.46. The summed E-state index contributed by atoms with van der Waals surface area (Å²) in [5.74, 6) is 1.61. The highest BCUT2D eigenvalue weighted by Crippen LogP contribution is 2.32. The van der Waals surface area contributed by atoms with Gasteiger partial charge in [0.15, 0.2) is 6.79 Å². The van der Waals surface area contributed by atoms with E-state index in [2.05, 4.69) is 6.58 Å². The zero-order chi connectivity index (χ0) is 12.1. The van der Waals surface area contributed by atoms with Gasteiger partial charge in [0.05, 0.1) is 7.11 Å². The number of hydrogen-bond acceptors (Lipinski definition) is 3. The summed E-state index contributed by atoms with van der Waals surface area (Å²) in [4.78, 5) is 0. The third kappa shape index (κ3) is 2.76. The van der Waals surface area contributed by atoms with Crippen LogP contribution in [0.15, 0.2) is 18.7 Å². The molecule has 0 amide bonds. The van der Waals surface area contributed by atoms with Gasteiger partial charge in [-0.3, -0.25) is 0 Å². The largest absolute Gasteiger partial charge is 0.496 e. The second-order valence-electron chi connectivity index (χ2n) is 3.65. The van der Waals surface area contributed by atoms with E-state index in [1.54, 1.807) is 14.2 Å². The maximum Gasteiger partial charge on any atom is 0.188 e. The summed E-state index contributed by atoms with van der Waals surface area (Å²) >= 11 is 0. The molecule has 0 fully saturated rings. The van der Waals surface area contributed by atoms with E-state index < -0.39 is 0 Å². The van der Waals surface area contributed by atoms with Gasteiger partial charge >= 0.3 is 0 Å². The van der Waals surface area contributed by atoms with Gasteiger partial charge in [-0.25, -0.2) is 0 Å². The van der Waals surface area contributed by atoms with Gasteiger partial charge in [0.25, 0.3) is 0 Å². The number of aryl methyl sites for hydroxylation is 1. The number of methoxy groups -OCH3 is 2. The SMILES string of the molecule is C=C(C)c1cc(OC)c(C)cc1OCOC. The van der Waals surface area contributed by atoms with Crippen LogP contribution in [0, 0.1) is 6.92 Å². The van der Waals surface area contributed by atoms with E-state index in [1.807, 2.05) is 26.0 Å². The van der Waals surface area contributed by atoms with Crippen LogP contribution < -0.4 is 9.47 Å². The Morgan fingerprint density at radius 1 is 1.25 bits per heavy atom. The van der Waals surface area contributed by atoms with Crippen LogP contribution in [0.2, 0.25) is 0 Å². The normalized spacial score (nSPS) is 10.0. The molecule has 0 spiro atoms. The monoisotopic (exact) mass is 222 g/mol. The molecule has 1 aromatic rings. The molecular weight excluding hydrogens is 204 g/mol. The van der Waals surface area contributed by atoms with Crippen LogP contribution in [0.1, 0.15) is 18.1 Å². The lowest BCUT2D eigenvalue weighted by atomic mass is 10.0. The predicted molar refractivity (Wildman–Crippen MR) is 64.9 cm³/mol. The van der Waals surface area contributed by atoms with Gasteiger partial charge in [-0.05, 0) is 37.1 Å². The molecule has 0 bridgehead atoms. The third-order valence-corrected chi connectivity index (χ3v) is 2.29. The number of ether oxygens (including phenoxy) is 3. The Morgan fingerprint density at radius 2 is 1.94 bits per heavy atom. The molecule has 1 aromatic carbocycles. The van der Waals surface area contributed by atoms with Crippen molar-refractivity contribution in [3.05, 3.63) is 29.8 Å². The summed E-state index contributed by atoms with van der Waals surface area (Å²) in [6.07, 6.45) is 0. The molecule has 3 nitrogen and oxygen atoms in total. The lowest BCUT2D eigenvalue weighted by Crippen LogP contribution is -2.02. The Bertz CT molecular complexity index is 383. The molecule has 0 aromatic heterocycles. The second-order valence-corrected chi connectivity index (χ2v) is 3.65. The average Bonchev–Trinajstić information content (AvgIpc) is 2.25. The minimum absolute atomic E-state index is 0.228. The summed E-state index contributed by atoms with van der Waals surface area (Å²) in [5, 5.41) is 0. The fourth-order valence-corrected chi connectivity index (χ4v) is 1.46. The van der Waals surface area contributed by atoms with Crippen molar-refractivity contribution in [3.63, 3.8) is 0 Å². The van der Waals surface area contributed by atoms with E-state index in [9.17, 15) is 0 Å². The van der Waals surface area contributed by atoms with Crippen LogP contribution in [0.4, 0.5) is 0 Å². The van der Waals surface area contributed by atoms with Crippen molar-refractivity contribution in [2.75, 3.05) is 21.0 Å². The summed E-state index contributed by atoms with van der Waals surface area (Å²) in [6, 6.07) is 3.87. The smallest absolute Gasteiger partial charge is 0.188 e. The first-order valence-electron chi connectivity index (χ1n) is 5.06. The van der Waals surface area contributed by atoms with Gasteiger partial charge in [0.1, 0.15) is 11.5 Å². The van der Waals surface area contributed by atoms with Gasteiger partial charge in [0, 0.05) is 12.7 Å². The van der Waals surface area contributed by atoms with Crippen LogP contribution in [0.5, 0.6) is 11.5 Å². The van der Waals surface area contributed by atoms with Crippen LogP contribution >= 0.6 is 0 Å². The third-order valence-electron chi connectivity index (χ3n) is 2.29. The van der Waals surface area contributed by atoms with E-state index in [0.29, 0.717) is 0 Å². The summed E-state index contributed by atoms with van der Waals surface area (Å²) in [7, 11) is 3.25. The molecule has 0 radical (unpaired) electrons. The molecule has 1 rings (SSSR count). The fraction of sp³-hybridized carbons (Fsp3) is 0.385. The van der Waals surface area contributed by atoms with Gasteiger partial charge in [-0.2, -0.15) is 0 Å². The first-order chi connectivity index (χ1) is 7.60. The van der Waals surface area contributed by atoms with Crippen molar-refractivity contribution in [2.24, 2.45) is 0 Å². The average molecular weight is 222 g/mol. The first-order valence-corrected chi connectivity index (χ1v) is 5.06. The molecule has 88 valence electrons. The Morgan fingerprint density at radius 3 is 2.44 bits per heavy atom. The van der Waals surface area contributed by atoms with Crippen LogP contribution in [-0.2, 0) is 4.74 Å². The second kappa shape index (κ2) is 5.56. The molecule has 0 aliphatic rings. The van der Waals surface area contributed by atoms with Crippen molar-refractivity contribution in [2.45, 2.75) is 13.8 Å². The molecule has 0 unspecified atom stereocenters. The maximum absolute atomic E-state index is 5.49. The van der Waals surface area contributed by atoms with E-state index in [1.165, 1.54) is 0 Å². The highest BCUT2D eigenvalue weighted by molar-refractivity contribution is 5.69. The Balaban J connectivity index is 3.14. The minimum Gasteiger partial charge on any atom is -0.496 e. The molecule has 0 saturated heterocycles. The van der Waals surface area contributed by atoms with Crippen LogP contribution in [0.3, 0.4) is 0 Å². The van der Waals surface area contributed by atoms with Gasteiger partial charge < -0.3 is 14.2 Å². The number of rotatable bonds is 5. The molecule has 0 atom stereocenters. The summed E-state index contributed by atoms with van der Waals surface area (Å²) in [6.45, 7) is 8.06. The zero-order valence-electron chi connectivity index (χ0n) is 10.3. The number of benzene rings is 1. The molecule has 16 heavy (non-hydrogen) atoms. The molecule has 0 aliphatic carbocycles. The lowest BCUT2D eigenvalue weighted by Gasteiger charge is -2.14. The minimum atomic E-state index is 0.228. The van der Waals surface area contributed by atoms with Crippen molar-refractivity contribution in [1.29, 1.82) is 0 Å². The zero-order valence-corrected chi connectivity index (χ0v) is 10.3. The highest BCUT2D eigenvalue weighted by Gasteiger charge is 2.09. The molecule has 0 heterocycles. The van der Waals surface area contributed by atoms with E-state index in [0.717, 1.165) is 28.2 Å². The lowest BCUT2D eigenvalue weighted by molar-refractivity contribution is 0.0508. The number of hydrogen-bond donors (Lipinski definition) is 0. The maximum atomic E-state index is 5.49. The van der Waals surface area contributed by atoms with E-state index >= 15 is 0 Å². The van der Waals surface area contributed by atoms with Crippen LogP contribution in [-0.4, -0.2) is 21.0 Å². The predicted octanol–water partition coefficient (Wildman–Crippen LogP) is 3.02. The van der Waals surface area contributed by atoms with Crippen molar-refractivity contribution < 1.29 is 14.2 Å². The van der Waals surface area contributed by atoms with Gasteiger partial charge in [-0.15, -0.1) is 0 Å². The Hall–Kier alpha value is -1.48. The molecular formula is C13H18O3. The molecule has 0 aliphatic heterocycles. The Labute approximate surface area is 96.6 Å². The molecule has 0 saturated carbocycles. The van der Waals surface area contributed by atoms with Crippen LogP contribution in [0.25, 0.3) is 5.57 Å². The number of allylic oxidation sites excluding steroid dienone is 1. The van der Waals surface area contributed by atoms with Gasteiger partial charge in [0.2, 0.25) is 0 Å². The summed E-state index contributed by atoms with van der Waals surface area (Å²) < 4.78 is 15.7. The van der Waals surface area contributed by atoms with Crippen molar-refractivity contribution >= 4 is 5.57 Å². The quantitative estimate of drug-likeness (QED) is 0.717. The standard InChI is InChI=1S/C13H18O3/c1-9(2)11-7-12(15-5)10(3)6-13(11)16-8-14-4/h6-7H,1,8H2,2-5H3. The molecule has 3 heteroatoms. The van der Waals surface area contributed by atoms with E-state index in [4.69, 9.17) is 14.2 Å². The van der Waals surface area contributed by atoms with Crippen molar-refractivity contribution in [3.8, 4) is 11.5 Å². The topological polar surface area (TPSA) is 27.7 Å². The highest BCUT2D eigenvalue weighted by atomic mass is 16.7. The first kappa shape index (κ1) is 12.6. The Kier molecular flexibility index (Phi) is 4.38.